The van der Waals surface area contributed by atoms with Crippen LogP contribution < -0.4 is 10.6 Å². The Balaban J connectivity index is 1.75. The molecule has 3 aromatic rings. The molecule has 1 fully saturated rings. The fraction of sp³-hybridized carbons (Fsp3) is 0.441. The van der Waals surface area contributed by atoms with Crippen molar-refractivity contribution in [3.63, 3.8) is 0 Å². The minimum absolute atomic E-state index is 0.0964. The van der Waals surface area contributed by atoms with Crippen LogP contribution in [0.25, 0.3) is 10.8 Å². The van der Waals surface area contributed by atoms with E-state index >= 15 is 0 Å². The molecule has 1 aliphatic carbocycles. The predicted molar refractivity (Wildman–Crippen MR) is 164 cm³/mol. The van der Waals surface area contributed by atoms with Crippen LogP contribution in [0.5, 0.6) is 0 Å². The number of rotatable bonds is 9. The lowest BCUT2D eigenvalue weighted by Crippen LogP contribution is -2.55. The molecule has 218 valence electrons. The second kappa shape index (κ2) is 12.3. The van der Waals surface area contributed by atoms with Gasteiger partial charge in [-0.1, -0.05) is 68.8 Å². The molecule has 7 nitrogen and oxygen atoms in total. The number of hydrogen-bond acceptors (Lipinski definition) is 4. The fourth-order valence-electron chi connectivity index (χ4n) is 5.28. The Labute approximate surface area is 243 Å². The predicted octanol–water partition coefficient (Wildman–Crippen LogP) is 7.07. The van der Waals surface area contributed by atoms with Gasteiger partial charge in [0.05, 0.1) is 0 Å². The van der Waals surface area contributed by atoms with Crippen molar-refractivity contribution in [2.45, 2.75) is 91.5 Å². The normalized spacial score (nSPS) is 15.5. The summed E-state index contributed by atoms with van der Waals surface area (Å²) in [4.78, 5) is 43.3. The van der Waals surface area contributed by atoms with Gasteiger partial charge in [0.2, 0.25) is 5.91 Å². The zero-order valence-corrected chi connectivity index (χ0v) is 25.3. The van der Waals surface area contributed by atoms with Crippen molar-refractivity contribution in [1.82, 2.24) is 10.2 Å². The first kappa shape index (κ1) is 30.1. The number of alkyl carbamates (subject to hydrolysis) is 1. The van der Waals surface area contributed by atoms with E-state index in [9.17, 15) is 14.4 Å². The Morgan fingerprint density at radius 2 is 1.59 bits per heavy atom. The quantitative estimate of drug-likeness (QED) is 0.295. The number of hydrogen-bond donors (Lipinski definition) is 2. The summed E-state index contributed by atoms with van der Waals surface area (Å²) in [6, 6.07) is 17.9. The van der Waals surface area contributed by atoms with Crippen LogP contribution in [-0.4, -0.2) is 40.5 Å². The van der Waals surface area contributed by atoms with E-state index in [1.54, 1.807) is 25.7 Å². The van der Waals surface area contributed by atoms with Crippen molar-refractivity contribution in [2.75, 3.05) is 5.32 Å². The van der Waals surface area contributed by atoms with Crippen LogP contribution in [0.2, 0.25) is 0 Å². The van der Waals surface area contributed by atoms with Gasteiger partial charge in [-0.05, 0) is 93.0 Å². The highest BCUT2D eigenvalue weighted by Gasteiger charge is 2.45. The van der Waals surface area contributed by atoms with E-state index in [-0.39, 0.29) is 23.8 Å². The molecule has 3 unspecified atom stereocenters. The second-order valence-electron chi connectivity index (χ2n) is 12.2. The van der Waals surface area contributed by atoms with Gasteiger partial charge in [-0.3, -0.25) is 9.59 Å². The number of nitrogens with zero attached hydrogens (tertiary/aromatic N) is 1. The van der Waals surface area contributed by atoms with Crippen LogP contribution in [0, 0.1) is 19.8 Å². The van der Waals surface area contributed by atoms with Crippen LogP contribution in [0.3, 0.4) is 0 Å². The molecule has 0 spiro atoms. The summed E-state index contributed by atoms with van der Waals surface area (Å²) in [5.41, 5.74) is 2.64. The third-order valence-corrected chi connectivity index (χ3v) is 7.71. The third kappa shape index (κ3) is 7.26. The lowest BCUT2D eigenvalue weighted by Gasteiger charge is -2.37. The Morgan fingerprint density at radius 1 is 0.951 bits per heavy atom. The summed E-state index contributed by atoms with van der Waals surface area (Å²) < 4.78 is 5.51. The Morgan fingerprint density at radius 3 is 2.17 bits per heavy atom. The lowest BCUT2D eigenvalue weighted by molar-refractivity contribution is -0.142. The van der Waals surface area contributed by atoms with Gasteiger partial charge in [0.15, 0.2) is 0 Å². The van der Waals surface area contributed by atoms with E-state index in [1.807, 2.05) is 88.4 Å². The van der Waals surface area contributed by atoms with Crippen LogP contribution in [0.15, 0.2) is 60.7 Å². The maximum absolute atomic E-state index is 14.5. The standard InChI is InChI=1S/C34H43N3O4/c1-8-21(2)29(36-33(40)41-34(5,6)7)32(39)37(27-18-19-27)30(28-22(3)12-11-13-23(28)4)31(38)35-26-17-16-24-14-9-10-15-25(24)20-26/h9-17,20-21,27,29-30H,8,18-19H2,1-7H3,(H,35,38)(H,36,40). The molecule has 41 heavy (non-hydrogen) atoms. The van der Waals surface area contributed by atoms with Gasteiger partial charge in [-0.2, -0.15) is 0 Å². The number of benzene rings is 3. The van der Waals surface area contributed by atoms with Crippen molar-refractivity contribution in [3.8, 4) is 0 Å². The molecule has 1 aliphatic rings. The van der Waals surface area contributed by atoms with E-state index in [0.717, 1.165) is 40.3 Å². The monoisotopic (exact) mass is 557 g/mol. The Kier molecular flexibility index (Phi) is 9.05. The Bertz CT molecular complexity index is 1400. The first-order valence-electron chi connectivity index (χ1n) is 14.6. The summed E-state index contributed by atoms with van der Waals surface area (Å²) >= 11 is 0. The average molecular weight is 558 g/mol. The number of aryl methyl sites for hydroxylation is 2. The van der Waals surface area contributed by atoms with Crippen LogP contribution in [0.4, 0.5) is 10.5 Å². The van der Waals surface area contributed by atoms with Crippen LogP contribution in [-0.2, 0) is 14.3 Å². The zero-order valence-electron chi connectivity index (χ0n) is 25.3. The molecule has 0 radical (unpaired) electrons. The topological polar surface area (TPSA) is 87.7 Å². The summed E-state index contributed by atoms with van der Waals surface area (Å²) in [6.07, 6.45) is 1.63. The first-order chi connectivity index (χ1) is 19.4. The fourth-order valence-corrected chi connectivity index (χ4v) is 5.28. The van der Waals surface area contributed by atoms with Crippen molar-refractivity contribution >= 4 is 34.4 Å². The number of amides is 3. The van der Waals surface area contributed by atoms with Crippen molar-refractivity contribution in [2.24, 2.45) is 5.92 Å². The number of carbonyl (C=O) groups is 3. The smallest absolute Gasteiger partial charge is 0.408 e. The summed E-state index contributed by atoms with van der Waals surface area (Å²) in [5.74, 6) is -0.717. The molecule has 1 saturated carbocycles. The first-order valence-corrected chi connectivity index (χ1v) is 14.6. The third-order valence-electron chi connectivity index (χ3n) is 7.71. The molecule has 0 aromatic heterocycles. The van der Waals surface area contributed by atoms with Crippen LogP contribution >= 0.6 is 0 Å². The number of anilines is 1. The molecule has 0 aliphatic heterocycles. The number of fused-ring (bicyclic) bond motifs is 1. The van der Waals surface area contributed by atoms with Gasteiger partial charge >= 0.3 is 6.09 Å². The van der Waals surface area contributed by atoms with E-state index in [0.29, 0.717) is 12.1 Å². The van der Waals surface area contributed by atoms with E-state index in [1.165, 1.54) is 0 Å². The minimum atomic E-state index is -0.866. The maximum atomic E-state index is 14.5. The number of carbonyl (C=O) groups excluding carboxylic acids is 3. The van der Waals surface area contributed by atoms with Gasteiger partial charge in [-0.25, -0.2) is 4.79 Å². The molecule has 0 heterocycles. The van der Waals surface area contributed by atoms with Crippen molar-refractivity contribution in [3.05, 3.63) is 77.4 Å². The molecule has 0 saturated heterocycles. The number of ether oxygens (including phenoxy) is 1. The maximum Gasteiger partial charge on any atom is 0.408 e. The number of nitrogens with one attached hydrogen (secondary N) is 2. The Hall–Kier alpha value is -3.87. The highest BCUT2D eigenvalue weighted by atomic mass is 16.6. The zero-order chi connectivity index (χ0) is 29.9. The van der Waals surface area contributed by atoms with E-state index in [2.05, 4.69) is 10.6 Å². The molecular weight excluding hydrogens is 514 g/mol. The average Bonchev–Trinajstić information content (AvgIpc) is 3.74. The van der Waals surface area contributed by atoms with E-state index < -0.39 is 23.8 Å². The van der Waals surface area contributed by atoms with Crippen molar-refractivity contribution < 1.29 is 19.1 Å². The summed E-state index contributed by atoms with van der Waals surface area (Å²) in [5, 5.41) is 8.06. The summed E-state index contributed by atoms with van der Waals surface area (Å²) in [7, 11) is 0. The highest BCUT2D eigenvalue weighted by Crippen LogP contribution is 2.39. The molecule has 3 atom stereocenters. The molecule has 2 N–H and O–H groups in total. The second-order valence-corrected chi connectivity index (χ2v) is 12.2. The van der Waals surface area contributed by atoms with Crippen LogP contribution in [0.1, 0.15) is 76.6 Å². The van der Waals surface area contributed by atoms with Gasteiger partial charge in [0.1, 0.15) is 17.7 Å². The minimum Gasteiger partial charge on any atom is -0.444 e. The molecule has 4 rings (SSSR count). The highest BCUT2D eigenvalue weighted by molar-refractivity contribution is 6.01. The van der Waals surface area contributed by atoms with Crippen molar-refractivity contribution in [1.29, 1.82) is 0 Å². The molecule has 3 aromatic carbocycles. The molecular formula is C34H43N3O4. The summed E-state index contributed by atoms with van der Waals surface area (Å²) in [6.45, 7) is 13.2. The van der Waals surface area contributed by atoms with Gasteiger partial charge < -0.3 is 20.3 Å². The van der Waals surface area contributed by atoms with Gasteiger partial charge in [-0.15, -0.1) is 0 Å². The van der Waals surface area contributed by atoms with E-state index in [4.69, 9.17) is 4.74 Å². The molecule has 7 heteroatoms. The molecule has 3 amide bonds. The van der Waals surface area contributed by atoms with Gasteiger partial charge in [0.25, 0.3) is 5.91 Å². The lowest BCUT2D eigenvalue weighted by atomic mass is 9.91. The largest absolute Gasteiger partial charge is 0.444 e. The van der Waals surface area contributed by atoms with Gasteiger partial charge in [0, 0.05) is 11.7 Å². The molecule has 0 bridgehead atoms. The SMILES string of the molecule is CCC(C)C(NC(=O)OC(C)(C)C)C(=O)N(C1CC1)C(C(=O)Nc1ccc2ccccc2c1)c1c(C)cccc1C.